The topological polar surface area (TPSA) is 52.6 Å². The summed E-state index contributed by atoms with van der Waals surface area (Å²) in [6.45, 7) is 0. The molecule has 0 N–H and O–H groups in total. The summed E-state index contributed by atoms with van der Waals surface area (Å²) in [7, 11) is -5.69. The Morgan fingerprint density at radius 1 is 1.32 bits per heavy atom. The van der Waals surface area contributed by atoms with E-state index in [1.165, 1.54) is 30.0 Å². The summed E-state index contributed by atoms with van der Waals surface area (Å²) in [6, 6.07) is 3.99. The quantitative estimate of drug-likeness (QED) is 0.621. The molecule has 0 saturated carbocycles. The van der Waals surface area contributed by atoms with Crippen LogP contribution in [-0.4, -0.2) is 19.9 Å². The lowest BCUT2D eigenvalue weighted by molar-refractivity contribution is -0.0500. The van der Waals surface area contributed by atoms with Gasteiger partial charge in [-0.1, -0.05) is 17.8 Å². The highest BCUT2D eigenvalue weighted by atomic mass is 32.2. The van der Waals surface area contributed by atoms with Crippen molar-refractivity contribution < 1.29 is 30.5 Å². The Labute approximate surface area is 111 Å². The number of hydrogen-bond acceptors (Lipinski definition) is 5. The Hall–Kier alpha value is -1.35. The van der Waals surface area contributed by atoms with Crippen LogP contribution in [0.15, 0.2) is 23.6 Å². The van der Waals surface area contributed by atoms with Crippen molar-refractivity contribution in [2.45, 2.75) is 5.51 Å². The summed E-state index contributed by atoms with van der Waals surface area (Å²) in [5, 5.41) is 1.58. The minimum absolute atomic E-state index is 0.153. The zero-order valence-corrected chi connectivity index (χ0v) is 10.8. The molecule has 0 amide bonds. The van der Waals surface area contributed by atoms with Crippen molar-refractivity contribution in [1.29, 1.82) is 0 Å². The van der Waals surface area contributed by atoms with Crippen molar-refractivity contribution in [3.05, 3.63) is 29.2 Å². The summed E-state index contributed by atoms with van der Waals surface area (Å²) >= 11 is 1.27. The Balaban J connectivity index is 2.42. The van der Waals surface area contributed by atoms with Crippen LogP contribution in [0.25, 0.3) is 6.08 Å². The summed E-state index contributed by atoms with van der Waals surface area (Å²) in [4.78, 5) is 0. The second kappa shape index (κ2) is 4.97. The normalized spacial score (nSPS) is 15.3. The van der Waals surface area contributed by atoms with Gasteiger partial charge in [0.1, 0.15) is 11.7 Å². The van der Waals surface area contributed by atoms with E-state index >= 15 is 0 Å². The Morgan fingerprint density at radius 2 is 2.05 bits per heavy atom. The van der Waals surface area contributed by atoms with Crippen LogP contribution in [0.5, 0.6) is 11.5 Å². The zero-order valence-electron chi connectivity index (χ0n) is 9.18. The van der Waals surface area contributed by atoms with Crippen LogP contribution in [0.2, 0.25) is 0 Å². The molecule has 4 nitrogen and oxygen atoms in total. The largest absolute Gasteiger partial charge is 0.534 e. The van der Waals surface area contributed by atoms with Crippen molar-refractivity contribution in [2.75, 3.05) is 5.94 Å². The molecular formula is C10H7F3O4S2. The molecule has 19 heavy (non-hydrogen) atoms. The van der Waals surface area contributed by atoms with Gasteiger partial charge in [-0.2, -0.15) is 21.6 Å². The van der Waals surface area contributed by atoms with Crippen LogP contribution < -0.4 is 8.92 Å². The minimum atomic E-state index is -5.69. The number of thioether (sulfide) groups is 1. The number of fused-ring (bicyclic) bond motifs is 1. The van der Waals surface area contributed by atoms with E-state index in [4.69, 9.17) is 4.74 Å². The lowest BCUT2D eigenvalue weighted by atomic mass is 10.2. The van der Waals surface area contributed by atoms with Crippen molar-refractivity contribution in [1.82, 2.24) is 0 Å². The third-order valence-corrected chi connectivity index (χ3v) is 3.67. The predicted octanol–water partition coefficient (Wildman–Crippen LogP) is 2.97. The molecule has 104 valence electrons. The Kier molecular flexibility index (Phi) is 3.68. The molecule has 1 aromatic carbocycles. The van der Waals surface area contributed by atoms with Gasteiger partial charge >= 0.3 is 15.6 Å². The Morgan fingerprint density at radius 3 is 2.74 bits per heavy atom. The predicted molar refractivity (Wildman–Crippen MR) is 64.2 cm³/mol. The third-order valence-electron chi connectivity index (χ3n) is 2.12. The van der Waals surface area contributed by atoms with E-state index in [2.05, 4.69) is 4.18 Å². The van der Waals surface area contributed by atoms with E-state index in [1.807, 2.05) is 0 Å². The fraction of sp³-hybridized carbons (Fsp3) is 0.200. The molecule has 0 aromatic heterocycles. The van der Waals surface area contributed by atoms with Crippen molar-refractivity contribution in [3.63, 3.8) is 0 Å². The van der Waals surface area contributed by atoms with Gasteiger partial charge in [-0.3, -0.25) is 0 Å². The maximum absolute atomic E-state index is 12.3. The van der Waals surface area contributed by atoms with E-state index < -0.39 is 21.4 Å². The Bertz CT molecular complexity index is 608. The van der Waals surface area contributed by atoms with E-state index in [1.54, 1.807) is 5.41 Å². The molecule has 1 heterocycles. The van der Waals surface area contributed by atoms with Gasteiger partial charge in [-0.15, -0.1) is 0 Å². The van der Waals surface area contributed by atoms with Crippen molar-refractivity contribution >= 4 is 28.0 Å². The van der Waals surface area contributed by atoms with Crippen LogP contribution in [0.3, 0.4) is 0 Å². The monoisotopic (exact) mass is 312 g/mol. The molecule has 9 heteroatoms. The molecule has 1 aliphatic rings. The smallest absolute Gasteiger partial charge is 0.482 e. The lowest BCUT2D eigenvalue weighted by Crippen LogP contribution is -2.28. The van der Waals surface area contributed by atoms with Gasteiger partial charge in [-0.05, 0) is 23.6 Å². The number of ether oxygens (including phenoxy) is 1. The molecule has 1 aliphatic heterocycles. The van der Waals surface area contributed by atoms with Crippen LogP contribution in [0, 0.1) is 0 Å². The number of benzene rings is 1. The van der Waals surface area contributed by atoms with Crippen molar-refractivity contribution in [2.24, 2.45) is 0 Å². The van der Waals surface area contributed by atoms with Crippen LogP contribution in [0.1, 0.15) is 5.56 Å². The summed E-state index contributed by atoms with van der Waals surface area (Å²) in [5.41, 5.74) is -5.32. The zero-order chi connectivity index (χ0) is 14.1. The number of halogens is 3. The molecule has 0 radical (unpaired) electrons. The third kappa shape index (κ3) is 2.98. The first-order valence-electron chi connectivity index (χ1n) is 4.86. The summed E-state index contributed by atoms with van der Waals surface area (Å²) in [6.07, 6.45) is 1.44. The second-order valence-electron chi connectivity index (χ2n) is 3.38. The highest BCUT2D eigenvalue weighted by molar-refractivity contribution is 8.02. The number of alkyl halides is 3. The van der Waals surface area contributed by atoms with Gasteiger partial charge in [0.15, 0.2) is 5.75 Å². The first-order chi connectivity index (χ1) is 8.81. The minimum Gasteiger partial charge on any atom is -0.482 e. The van der Waals surface area contributed by atoms with Gasteiger partial charge in [0.05, 0.1) is 5.56 Å². The van der Waals surface area contributed by atoms with Crippen LogP contribution in [0.4, 0.5) is 13.2 Å². The average molecular weight is 312 g/mol. The second-order valence-corrected chi connectivity index (χ2v) is 5.76. The van der Waals surface area contributed by atoms with Crippen molar-refractivity contribution in [3.8, 4) is 11.5 Å². The summed E-state index contributed by atoms with van der Waals surface area (Å²) < 4.78 is 68.1. The fourth-order valence-electron chi connectivity index (χ4n) is 1.31. The average Bonchev–Trinajstić information content (AvgIpc) is 2.52. The van der Waals surface area contributed by atoms with E-state index in [9.17, 15) is 21.6 Å². The molecule has 0 fully saturated rings. The van der Waals surface area contributed by atoms with E-state index in [0.717, 1.165) is 6.07 Å². The first kappa shape index (κ1) is 14.1. The molecule has 1 aromatic rings. The van der Waals surface area contributed by atoms with Gasteiger partial charge in [-0.25, -0.2) is 0 Å². The van der Waals surface area contributed by atoms with Crippen LogP contribution in [-0.2, 0) is 10.1 Å². The number of hydrogen-bond donors (Lipinski definition) is 0. The SMILES string of the molecule is O=S(=O)(Oc1cccc2c1C=CSCO2)C(F)(F)F. The molecule has 0 unspecified atom stereocenters. The van der Waals surface area contributed by atoms with Gasteiger partial charge in [0.2, 0.25) is 0 Å². The standard InChI is InChI=1S/C10H7F3O4S2/c11-10(12,13)19(14,15)17-9-3-1-2-8-7(9)4-5-18-6-16-8/h1-5H,6H2. The van der Waals surface area contributed by atoms with Gasteiger partial charge in [0, 0.05) is 0 Å². The summed E-state index contributed by atoms with van der Waals surface area (Å²) in [5.74, 6) is 0.114. The molecule has 0 bridgehead atoms. The maximum Gasteiger partial charge on any atom is 0.534 e. The highest BCUT2D eigenvalue weighted by Crippen LogP contribution is 2.36. The van der Waals surface area contributed by atoms with Gasteiger partial charge in [0.25, 0.3) is 0 Å². The molecule has 0 aliphatic carbocycles. The molecule has 0 atom stereocenters. The van der Waals surface area contributed by atoms with E-state index in [0.29, 0.717) is 0 Å². The highest BCUT2D eigenvalue weighted by Gasteiger charge is 2.48. The number of rotatable bonds is 2. The van der Waals surface area contributed by atoms with Crippen LogP contribution >= 0.6 is 11.8 Å². The molecule has 0 saturated heterocycles. The maximum atomic E-state index is 12.3. The molecule has 0 spiro atoms. The van der Waals surface area contributed by atoms with E-state index in [-0.39, 0.29) is 17.3 Å². The fourth-order valence-corrected chi connectivity index (χ4v) is 2.29. The van der Waals surface area contributed by atoms with Gasteiger partial charge < -0.3 is 8.92 Å². The molecular weight excluding hydrogens is 305 g/mol. The first-order valence-corrected chi connectivity index (χ1v) is 7.32. The molecule has 2 rings (SSSR count). The lowest BCUT2D eigenvalue weighted by Gasteiger charge is -2.13.